The fraction of sp³-hybridized carbons (Fsp3) is 0.692. The molecule has 1 heterocycles. The highest BCUT2D eigenvalue weighted by atomic mass is 16.4. The van der Waals surface area contributed by atoms with E-state index >= 15 is 0 Å². The minimum absolute atomic E-state index is 0.553. The highest BCUT2D eigenvalue weighted by molar-refractivity contribution is 5.78. The first kappa shape index (κ1) is 15.7. The van der Waals surface area contributed by atoms with Crippen molar-refractivity contribution in [3.63, 3.8) is 0 Å². The Balaban J connectivity index is 2.50. The Kier molecular flexibility index (Phi) is 5.50. The Labute approximate surface area is 114 Å². The summed E-state index contributed by atoms with van der Waals surface area (Å²) in [5.74, 6) is 0.169. The smallest absolute Gasteiger partial charge is 0.323 e. The van der Waals surface area contributed by atoms with Crippen molar-refractivity contribution >= 4 is 5.97 Å². The normalized spacial score (nSPS) is 14.6. The van der Waals surface area contributed by atoms with Crippen LogP contribution < -0.4 is 5.32 Å². The molecule has 1 rings (SSSR count). The number of aromatic nitrogens is 2. The topological polar surface area (TPSA) is 70.4 Å². The van der Waals surface area contributed by atoms with Crippen molar-refractivity contribution in [1.29, 1.82) is 0 Å². The van der Waals surface area contributed by atoms with Gasteiger partial charge >= 0.3 is 5.97 Å². The van der Waals surface area contributed by atoms with E-state index < -0.39 is 11.5 Å². The first-order valence-corrected chi connectivity index (χ1v) is 6.52. The fourth-order valence-corrected chi connectivity index (χ4v) is 1.94. The predicted octanol–water partition coefficient (Wildman–Crippen LogP) is 0.695. The van der Waals surface area contributed by atoms with Crippen LogP contribution in [-0.4, -0.2) is 51.2 Å². The molecule has 108 valence electrons. The van der Waals surface area contributed by atoms with Gasteiger partial charge in [0.15, 0.2) is 0 Å². The number of hydrogen-bond acceptors (Lipinski definition) is 4. The zero-order chi connectivity index (χ0) is 14.5. The van der Waals surface area contributed by atoms with Gasteiger partial charge in [0.05, 0.1) is 6.54 Å². The molecule has 6 heteroatoms. The monoisotopic (exact) mass is 268 g/mol. The number of likely N-dealkylation sites (N-methyl/N-ethyl adjacent to an activating group) is 1. The number of nitrogens with zero attached hydrogens (tertiary/aromatic N) is 3. The molecule has 0 amide bonds. The van der Waals surface area contributed by atoms with Crippen molar-refractivity contribution in [2.75, 3.05) is 20.1 Å². The summed E-state index contributed by atoms with van der Waals surface area (Å²) in [6.45, 7) is 5.70. The Morgan fingerprint density at radius 3 is 2.79 bits per heavy atom. The number of aliphatic carboxylic acids is 1. The van der Waals surface area contributed by atoms with Crippen LogP contribution in [0.2, 0.25) is 0 Å². The van der Waals surface area contributed by atoms with Crippen LogP contribution in [0.4, 0.5) is 0 Å². The Morgan fingerprint density at radius 2 is 2.32 bits per heavy atom. The largest absolute Gasteiger partial charge is 0.480 e. The van der Waals surface area contributed by atoms with Gasteiger partial charge in [-0.05, 0) is 26.9 Å². The van der Waals surface area contributed by atoms with E-state index in [-0.39, 0.29) is 0 Å². The zero-order valence-corrected chi connectivity index (χ0v) is 12.2. The third-order valence-corrected chi connectivity index (χ3v) is 3.36. The van der Waals surface area contributed by atoms with Gasteiger partial charge in [0.2, 0.25) is 0 Å². The van der Waals surface area contributed by atoms with Crippen LogP contribution in [0.5, 0.6) is 0 Å². The second-order valence-electron chi connectivity index (χ2n) is 5.11. The molecule has 2 N–H and O–H groups in total. The van der Waals surface area contributed by atoms with Gasteiger partial charge in [-0.2, -0.15) is 0 Å². The van der Waals surface area contributed by atoms with Gasteiger partial charge in [-0.15, -0.1) is 0 Å². The molecule has 1 atom stereocenters. The molecule has 0 aromatic carbocycles. The number of imidazole rings is 1. The van der Waals surface area contributed by atoms with Crippen LogP contribution >= 0.6 is 0 Å². The molecular formula is C13H24N4O2. The molecule has 0 bridgehead atoms. The molecule has 0 saturated heterocycles. The fourth-order valence-electron chi connectivity index (χ4n) is 1.94. The molecule has 0 spiro atoms. The lowest BCUT2D eigenvalue weighted by Crippen LogP contribution is -2.51. The maximum atomic E-state index is 11.3. The minimum atomic E-state index is -0.870. The number of hydrogen-bond donors (Lipinski definition) is 2. The van der Waals surface area contributed by atoms with Crippen molar-refractivity contribution in [1.82, 2.24) is 19.8 Å². The quantitative estimate of drug-likeness (QED) is 0.726. The van der Waals surface area contributed by atoms with E-state index in [2.05, 4.69) is 15.2 Å². The van der Waals surface area contributed by atoms with E-state index in [0.717, 1.165) is 5.82 Å². The third-order valence-electron chi connectivity index (χ3n) is 3.36. The standard InChI is InChI=1S/C13H24N4O2/c1-5-15-13(2,12(18)19)6-8-16(3)10-11-14-7-9-17(11)4/h7,9,15H,5-6,8,10H2,1-4H3,(H,18,19). The Bertz CT molecular complexity index is 419. The maximum Gasteiger partial charge on any atom is 0.323 e. The molecular weight excluding hydrogens is 244 g/mol. The average Bonchev–Trinajstić information content (AvgIpc) is 2.73. The first-order valence-electron chi connectivity index (χ1n) is 6.52. The molecule has 0 aliphatic rings. The van der Waals surface area contributed by atoms with Gasteiger partial charge < -0.3 is 15.0 Å². The maximum absolute atomic E-state index is 11.3. The molecule has 0 aliphatic carbocycles. The summed E-state index contributed by atoms with van der Waals surface area (Å²) in [4.78, 5) is 17.6. The number of carboxylic acid groups (broad SMARTS) is 1. The molecule has 0 saturated carbocycles. The van der Waals surface area contributed by atoms with Crippen molar-refractivity contribution in [2.24, 2.45) is 7.05 Å². The number of nitrogens with one attached hydrogen (secondary N) is 1. The van der Waals surface area contributed by atoms with E-state index in [0.29, 0.717) is 26.1 Å². The molecule has 19 heavy (non-hydrogen) atoms. The van der Waals surface area contributed by atoms with E-state index in [4.69, 9.17) is 0 Å². The van der Waals surface area contributed by atoms with Crippen LogP contribution in [0, 0.1) is 0 Å². The van der Waals surface area contributed by atoms with E-state index in [1.807, 2.05) is 31.8 Å². The van der Waals surface area contributed by atoms with Crippen LogP contribution in [0.3, 0.4) is 0 Å². The molecule has 0 fully saturated rings. The molecule has 0 radical (unpaired) electrons. The molecule has 0 aliphatic heterocycles. The lowest BCUT2D eigenvalue weighted by molar-refractivity contribution is -0.144. The number of aryl methyl sites for hydroxylation is 1. The van der Waals surface area contributed by atoms with E-state index in [1.165, 1.54) is 0 Å². The summed E-state index contributed by atoms with van der Waals surface area (Å²) in [7, 11) is 3.93. The van der Waals surface area contributed by atoms with Gasteiger partial charge in [-0.3, -0.25) is 9.69 Å². The van der Waals surface area contributed by atoms with Crippen LogP contribution in [0.1, 0.15) is 26.1 Å². The number of carbonyl (C=O) groups is 1. The SMILES string of the molecule is CCNC(C)(CCN(C)Cc1nccn1C)C(=O)O. The van der Waals surface area contributed by atoms with Gasteiger partial charge in [-0.25, -0.2) is 4.98 Å². The highest BCUT2D eigenvalue weighted by Crippen LogP contribution is 2.11. The highest BCUT2D eigenvalue weighted by Gasteiger charge is 2.31. The van der Waals surface area contributed by atoms with Crippen molar-refractivity contribution in [3.8, 4) is 0 Å². The number of carboxylic acids is 1. The summed E-state index contributed by atoms with van der Waals surface area (Å²) in [5.41, 5.74) is -0.870. The van der Waals surface area contributed by atoms with Crippen LogP contribution in [-0.2, 0) is 18.4 Å². The number of rotatable bonds is 8. The van der Waals surface area contributed by atoms with Crippen molar-refractivity contribution in [2.45, 2.75) is 32.4 Å². The van der Waals surface area contributed by atoms with Crippen molar-refractivity contribution < 1.29 is 9.90 Å². The third kappa shape index (κ3) is 4.33. The second kappa shape index (κ2) is 6.68. The predicted molar refractivity (Wildman–Crippen MR) is 73.9 cm³/mol. The van der Waals surface area contributed by atoms with E-state index in [1.54, 1.807) is 13.1 Å². The average molecular weight is 268 g/mol. The van der Waals surface area contributed by atoms with Crippen molar-refractivity contribution in [3.05, 3.63) is 18.2 Å². The lowest BCUT2D eigenvalue weighted by atomic mass is 9.97. The summed E-state index contributed by atoms with van der Waals surface area (Å²) >= 11 is 0. The van der Waals surface area contributed by atoms with Gasteiger partial charge in [0.1, 0.15) is 11.4 Å². The molecule has 1 aromatic heterocycles. The summed E-state index contributed by atoms with van der Waals surface area (Å²) in [6.07, 6.45) is 4.23. The summed E-state index contributed by atoms with van der Waals surface area (Å²) < 4.78 is 1.97. The lowest BCUT2D eigenvalue weighted by Gasteiger charge is -2.28. The second-order valence-corrected chi connectivity index (χ2v) is 5.11. The van der Waals surface area contributed by atoms with Gasteiger partial charge in [-0.1, -0.05) is 6.92 Å². The van der Waals surface area contributed by atoms with Crippen LogP contribution in [0.25, 0.3) is 0 Å². The van der Waals surface area contributed by atoms with Crippen LogP contribution in [0.15, 0.2) is 12.4 Å². The summed E-state index contributed by atoms with van der Waals surface area (Å²) in [5, 5.41) is 12.3. The Morgan fingerprint density at radius 1 is 1.63 bits per heavy atom. The molecule has 1 unspecified atom stereocenters. The molecule has 1 aromatic rings. The Hall–Kier alpha value is -1.40. The molecule has 6 nitrogen and oxygen atoms in total. The first-order chi connectivity index (χ1) is 8.89. The van der Waals surface area contributed by atoms with Gasteiger partial charge in [0, 0.05) is 26.0 Å². The minimum Gasteiger partial charge on any atom is -0.480 e. The summed E-state index contributed by atoms with van der Waals surface area (Å²) in [6, 6.07) is 0. The van der Waals surface area contributed by atoms with E-state index in [9.17, 15) is 9.90 Å². The van der Waals surface area contributed by atoms with Gasteiger partial charge in [0.25, 0.3) is 0 Å². The zero-order valence-electron chi connectivity index (χ0n) is 12.2.